The highest BCUT2D eigenvalue weighted by molar-refractivity contribution is 7.99. The van der Waals surface area contributed by atoms with Crippen molar-refractivity contribution in [1.82, 2.24) is 9.88 Å². The summed E-state index contributed by atoms with van der Waals surface area (Å²) in [6.45, 7) is 1.57. The van der Waals surface area contributed by atoms with E-state index in [2.05, 4.69) is 39.5 Å². The fraction of sp³-hybridized carbons (Fsp3) is 0.346. The summed E-state index contributed by atoms with van der Waals surface area (Å²) in [6.07, 6.45) is 2.72. The molecule has 3 heterocycles. The molecule has 9 heteroatoms. The lowest BCUT2D eigenvalue weighted by Gasteiger charge is -2.26. The van der Waals surface area contributed by atoms with Gasteiger partial charge in [0, 0.05) is 40.9 Å². The van der Waals surface area contributed by atoms with Crippen molar-refractivity contribution in [2.24, 2.45) is 5.92 Å². The lowest BCUT2D eigenvalue weighted by atomic mass is 9.93. The number of ketones is 1. The number of nitrogens with one attached hydrogen (secondary N) is 1. The Kier molecular flexibility index (Phi) is 7.19. The third-order valence-electron chi connectivity index (χ3n) is 6.64. The largest absolute Gasteiger partial charge is 0.496 e. The van der Waals surface area contributed by atoms with Gasteiger partial charge >= 0.3 is 0 Å². The first-order chi connectivity index (χ1) is 17.0. The fourth-order valence-electron chi connectivity index (χ4n) is 4.85. The Hall–Kier alpha value is -2.72. The third kappa shape index (κ3) is 5.13. The van der Waals surface area contributed by atoms with Crippen LogP contribution in [0.25, 0.3) is 0 Å². The van der Waals surface area contributed by atoms with Crippen LogP contribution in [0.5, 0.6) is 5.75 Å². The predicted molar refractivity (Wildman–Crippen MR) is 137 cm³/mol. The number of hydrogen-bond acceptors (Lipinski definition) is 8. The fourth-order valence-corrected chi connectivity index (χ4v) is 6.61. The minimum Gasteiger partial charge on any atom is -0.496 e. The van der Waals surface area contributed by atoms with Crippen molar-refractivity contribution >= 4 is 39.9 Å². The minimum atomic E-state index is -0.846. The average Bonchev–Trinajstić information content (AvgIpc) is 3.64. The average molecular weight is 510 g/mol. The maximum atomic E-state index is 13.0. The van der Waals surface area contributed by atoms with Crippen LogP contribution in [0.1, 0.15) is 35.3 Å². The van der Waals surface area contributed by atoms with E-state index in [0.29, 0.717) is 28.1 Å². The van der Waals surface area contributed by atoms with Crippen LogP contribution in [0.15, 0.2) is 58.9 Å². The van der Waals surface area contributed by atoms with Crippen LogP contribution in [0, 0.1) is 5.92 Å². The van der Waals surface area contributed by atoms with Crippen molar-refractivity contribution in [1.29, 1.82) is 0 Å². The third-order valence-corrected chi connectivity index (χ3v) is 8.50. The quantitative estimate of drug-likeness (QED) is 0.442. The van der Waals surface area contributed by atoms with E-state index >= 15 is 0 Å². The zero-order valence-corrected chi connectivity index (χ0v) is 21.0. The monoisotopic (exact) mass is 509 g/mol. The Morgan fingerprint density at radius 2 is 2.11 bits per heavy atom. The first-order valence-corrected chi connectivity index (χ1v) is 13.5. The molecule has 182 valence electrons. The summed E-state index contributed by atoms with van der Waals surface area (Å²) in [5.41, 5.74) is 2.70. The van der Waals surface area contributed by atoms with Crippen molar-refractivity contribution in [3.8, 4) is 5.75 Å². The number of carbonyl (C=O) groups is 2. The van der Waals surface area contributed by atoms with Crippen molar-refractivity contribution in [2.45, 2.75) is 29.9 Å². The highest BCUT2D eigenvalue weighted by Crippen LogP contribution is 2.45. The Balaban J connectivity index is 1.32. The van der Waals surface area contributed by atoms with Gasteiger partial charge in [0.2, 0.25) is 5.78 Å². The van der Waals surface area contributed by atoms with E-state index in [-0.39, 0.29) is 0 Å². The Morgan fingerprint density at radius 1 is 1.29 bits per heavy atom. The van der Waals surface area contributed by atoms with Gasteiger partial charge in [0.25, 0.3) is 5.91 Å². The number of Topliss-reactive ketones (excluding diaryl/α,β-unsaturated/α-hetero) is 1. The number of carbonyl (C=O) groups excluding carboxylic acids is 2. The molecule has 2 aliphatic heterocycles. The van der Waals surface area contributed by atoms with Crippen molar-refractivity contribution in [3.63, 3.8) is 0 Å². The summed E-state index contributed by atoms with van der Waals surface area (Å²) < 4.78 is 5.62. The number of aliphatic hydroxyl groups excluding tert-OH is 1. The molecule has 3 atom stereocenters. The van der Waals surface area contributed by atoms with E-state index < -0.39 is 23.8 Å². The number of ether oxygens (including phenoxy) is 1. The van der Waals surface area contributed by atoms with Crippen LogP contribution in [-0.2, 0) is 16.0 Å². The molecule has 1 amide bonds. The summed E-state index contributed by atoms with van der Waals surface area (Å²) in [5, 5.41) is 16.0. The van der Waals surface area contributed by atoms with E-state index in [1.807, 2.05) is 18.2 Å². The minimum absolute atomic E-state index is 0.402. The normalized spacial score (nSPS) is 20.4. The maximum Gasteiger partial charge on any atom is 0.294 e. The number of thiazole rings is 1. The molecule has 0 bridgehead atoms. The smallest absolute Gasteiger partial charge is 0.294 e. The Labute approximate surface area is 212 Å². The highest BCUT2D eigenvalue weighted by atomic mass is 32.2. The molecule has 2 aromatic carbocycles. The predicted octanol–water partition coefficient (Wildman–Crippen LogP) is 4.10. The van der Waals surface area contributed by atoms with Crippen LogP contribution >= 0.6 is 23.1 Å². The molecular weight excluding hydrogens is 482 g/mol. The van der Waals surface area contributed by atoms with E-state index in [1.54, 1.807) is 18.7 Å². The maximum absolute atomic E-state index is 13.0. The number of amides is 1. The molecule has 7 nitrogen and oxygen atoms in total. The molecule has 1 fully saturated rings. The molecule has 3 aromatic rings. The molecule has 35 heavy (non-hydrogen) atoms. The number of benzene rings is 2. The number of rotatable bonds is 8. The van der Waals surface area contributed by atoms with E-state index in [4.69, 9.17) is 4.74 Å². The number of hydrogen-bond donors (Lipinski definition) is 2. The first kappa shape index (κ1) is 24.0. The second-order valence-corrected chi connectivity index (χ2v) is 10.8. The lowest BCUT2D eigenvalue weighted by Crippen LogP contribution is -2.29. The Bertz CT molecular complexity index is 1200. The van der Waals surface area contributed by atoms with E-state index in [0.717, 1.165) is 36.4 Å². The molecule has 1 saturated heterocycles. The number of aromatic nitrogens is 1. The molecule has 5 rings (SSSR count). The van der Waals surface area contributed by atoms with Gasteiger partial charge in [-0.25, -0.2) is 4.98 Å². The molecule has 0 spiro atoms. The number of aliphatic hydroxyl groups is 1. The topological polar surface area (TPSA) is 91.8 Å². The first-order valence-electron chi connectivity index (χ1n) is 11.6. The van der Waals surface area contributed by atoms with Crippen molar-refractivity contribution < 1.29 is 19.4 Å². The zero-order valence-electron chi connectivity index (χ0n) is 19.3. The van der Waals surface area contributed by atoms with Gasteiger partial charge in [-0.3, -0.25) is 19.8 Å². The van der Waals surface area contributed by atoms with Crippen molar-refractivity contribution in [2.75, 3.05) is 31.3 Å². The lowest BCUT2D eigenvalue weighted by molar-refractivity contribution is -0.135. The SMILES string of the molecule is COc1cc2c(cc1C(O)N1CCC(Cc3ccccc3)C1)C(C(=O)C(=O)Nc1nccs1)CS2. The number of anilines is 1. The van der Waals surface area contributed by atoms with Crippen LogP contribution in [-0.4, -0.2) is 52.6 Å². The number of fused-ring (bicyclic) bond motifs is 1. The number of likely N-dealkylation sites (tertiary alicyclic amines) is 1. The molecular formula is C26H27N3O4S2. The zero-order chi connectivity index (χ0) is 24.4. The summed E-state index contributed by atoms with van der Waals surface area (Å²) in [4.78, 5) is 32.5. The Morgan fingerprint density at radius 3 is 2.86 bits per heavy atom. The molecule has 1 aromatic heterocycles. The number of nitrogens with zero attached hydrogens (tertiary/aromatic N) is 2. The van der Waals surface area contributed by atoms with Gasteiger partial charge in [-0.2, -0.15) is 0 Å². The molecule has 0 radical (unpaired) electrons. The standard InChI is InChI=1S/C26H27N3O4S2/c1-33-21-13-22-18(20(15-35-22)23(30)24(31)28-26-27-8-10-34-26)12-19(21)25(32)29-9-7-17(14-29)11-16-5-3-2-4-6-16/h2-6,8,10,12-13,17,20,25,32H,7,9,11,14-15H2,1H3,(H,27,28,31). The summed E-state index contributed by atoms with van der Waals surface area (Å²) in [7, 11) is 1.59. The van der Waals surface area contributed by atoms with Crippen LogP contribution in [0.4, 0.5) is 5.13 Å². The molecule has 2 N–H and O–H groups in total. The molecule has 0 saturated carbocycles. The number of methoxy groups -OCH3 is 1. The molecule has 0 aliphatic carbocycles. The van der Waals surface area contributed by atoms with Crippen LogP contribution in [0.2, 0.25) is 0 Å². The van der Waals surface area contributed by atoms with Crippen LogP contribution in [0.3, 0.4) is 0 Å². The van der Waals surface area contributed by atoms with Gasteiger partial charge in [-0.15, -0.1) is 23.1 Å². The van der Waals surface area contributed by atoms with Crippen molar-refractivity contribution in [3.05, 3.63) is 70.7 Å². The van der Waals surface area contributed by atoms with Gasteiger partial charge in [0.1, 0.15) is 12.0 Å². The molecule has 2 aliphatic rings. The second-order valence-electron chi connectivity index (χ2n) is 8.86. The van der Waals surface area contributed by atoms with Crippen LogP contribution < -0.4 is 10.1 Å². The van der Waals surface area contributed by atoms with E-state index in [9.17, 15) is 14.7 Å². The van der Waals surface area contributed by atoms with E-state index in [1.165, 1.54) is 28.7 Å². The summed E-state index contributed by atoms with van der Waals surface area (Å²) in [5.74, 6) is -0.204. The second kappa shape index (κ2) is 10.5. The van der Waals surface area contributed by atoms with Gasteiger partial charge in [0.05, 0.1) is 13.0 Å². The summed E-state index contributed by atoms with van der Waals surface area (Å²) in [6, 6.07) is 14.1. The summed E-state index contributed by atoms with van der Waals surface area (Å²) >= 11 is 2.79. The van der Waals surface area contributed by atoms with Gasteiger partial charge in [-0.1, -0.05) is 30.3 Å². The van der Waals surface area contributed by atoms with Gasteiger partial charge in [-0.05, 0) is 42.0 Å². The number of thioether (sulfide) groups is 1. The van der Waals surface area contributed by atoms with Gasteiger partial charge < -0.3 is 9.84 Å². The highest BCUT2D eigenvalue weighted by Gasteiger charge is 2.36. The molecule has 3 unspecified atom stereocenters. The van der Waals surface area contributed by atoms with Gasteiger partial charge in [0.15, 0.2) is 5.13 Å².